The van der Waals surface area contributed by atoms with Crippen molar-refractivity contribution in [3.05, 3.63) is 125 Å². The van der Waals surface area contributed by atoms with Gasteiger partial charge in [0, 0.05) is 35.0 Å². The second kappa shape index (κ2) is 12.1. The van der Waals surface area contributed by atoms with Crippen molar-refractivity contribution in [3.8, 4) is 0 Å². The molecule has 182 valence electrons. The Kier molecular flexibility index (Phi) is 8.47. The maximum Gasteiger partial charge on any atom is 0.269 e. The predicted molar refractivity (Wildman–Crippen MR) is 142 cm³/mol. The molecule has 1 aromatic heterocycles. The lowest BCUT2D eigenvalue weighted by Crippen LogP contribution is -2.42. The van der Waals surface area contributed by atoms with E-state index in [0.717, 1.165) is 33.2 Å². The van der Waals surface area contributed by atoms with Crippen LogP contribution >= 0.6 is 11.8 Å². The summed E-state index contributed by atoms with van der Waals surface area (Å²) in [6.07, 6.45) is 0.213. The fourth-order valence-electron chi connectivity index (χ4n) is 3.89. The number of rotatable bonds is 8. The van der Waals surface area contributed by atoms with E-state index in [9.17, 15) is 9.59 Å². The van der Waals surface area contributed by atoms with Crippen LogP contribution in [0.15, 0.2) is 96.2 Å². The molecule has 0 saturated carbocycles. The third-order valence-electron chi connectivity index (χ3n) is 5.65. The minimum Gasteiger partial charge on any atom is -0.273 e. The van der Waals surface area contributed by atoms with Gasteiger partial charge in [0.25, 0.3) is 5.91 Å². The van der Waals surface area contributed by atoms with E-state index in [4.69, 9.17) is 0 Å². The Morgan fingerprint density at radius 2 is 1.33 bits per heavy atom. The van der Waals surface area contributed by atoms with Crippen LogP contribution in [-0.4, -0.2) is 21.8 Å². The first-order chi connectivity index (χ1) is 17.5. The molecule has 6 nitrogen and oxygen atoms in total. The number of nitrogens with zero attached hydrogens (tertiary/aromatic N) is 2. The van der Waals surface area contributed by atoms with Crippen molar-refractivity contribution in [2.24, 2.45) is 0 Å². The van der Waals surface area contributed by atoms with E-state index < -0.39 is 0 Å². The Morgan fingerprint density at radius 1 is 0.778 bits per heavy atom. The third-order valence-corrected chi connectivity index (χ3v) is 6.57. The third kappa shape index (κ3) is 7.02. The monoisotopic (exact) mass is 496 g/mol. The molecule has 2 amide bonds. The van der Waals surface area contributed by atoms with Crippen LogP contribution in [0.5, 0.6) is 0 Å². The molecule has 36 heavy (non-hydrogen) atoms. The highest BCUT2D eigenvalue weighted by Gasteiger charge is 2.18. The zero-order valence-electron chi connectivity index (χ0n) is 20.3. The number of carbonyl (C=O) groups is 2. The van der Waals surface area contributed by atoms with Gasteiger partial charge in [-0.15, -0.1) is 0 Å². The Bertz CT molecular complexity index is 1250. The number of hydrazine groups is 1. The highest BCUT2D eigenvalue weighted by molar-refractivity contribution is 7.98. The van der Waals surface area contributed by atoms with E-state index >= 15 is 0 Å². The maximum absolute atomic E-state index is 12.7. The number of aromatic nitrogens is 2. The summed E-state index contributed by atoms with van der Waals surface area (Å²) in [6, 6.07) is 29.0. The van der Waals surface area contributed by atoms with Crippen molar-refractivity contribution >= 4 is 23.6 Å². The topological polar surface area (TPSA) is 84.0 Å². The van der Waals surface area contributed by atoms with Gasteiger partial charge in [-0.1, -0.05) is 84.6 Å². The van der Waals surface area contributed by atoms with Gasteiger partial charge in [0.05, 0.1) is 0 Å². The molecule has 0 aliphatic heterocycles. The summed E-state index contributed by atoms with van der Waals surface area (Å²) in [5, 5.41) is 0.737. The summed E-state index contributed by atoms with van der Waals surface area (Å²) >= 11 is 1.55. The van der Waals surface area contributed by atoms with Gasteiger partial charge in [0.2, 0.25) is 5.91 Å². The quantitative estimate of drug-likeness (QED) is 0.195. The average Bonchev–Trinajstić information content (AvgIpc) is 2.90. The first kappa shape index (κ1) is 25.1. The molecule has 0 saturated heterocycles. The molecule has 0 radical (unpaired) electrons. The standard InChI is InChI=1S/C29H28N4O2S/c1-20-17-21(2)31-29(30-20)36-19-22-13-15-25(16-14-22)28(35)33-32-27(34)18-26(23-9-5-3-6-10-23)24-11-7-4-8-12-24/h3-17,26H,18-19H2,1-2H3,(H,32,34)(H,33,35). The number of hydrogen-bond donors (Lipinski definition) is 2. The lowest BCUT2D eigenvalue weighted by atomic mass is 9.88. The van der Waals surface area contributed by atoms with Crippen LogP contribution in [0.2, 0.25) is 0 Å². The molecule has 0 fully saturated rings. The smallest absolute Gasteiger partial charge is 0.269 e. The largest absolute Gasteiger partial charge is 0.273 e. The van der Waals surface area contributed by atoms with E-state index in [1.165, 1.54) is 0 Å². The Balaban J connectivity index is 1.31. The van der Waals surface area contributed by atoms with Crippen molar-refractivity contribution < 1.29 is 9.59 Å². The summed E-state index contributed by atoms with van der Waals surface area (Å²) in [4.78, 5) is 34.2. The number of hydrogen-bond acceptors (Lipinski definition) is 5. The fraction of sp³-hybridized carbons (Fsp3) is 0.172. The molecule has 0 aliphatic carbocycles. The molecule has 0 unspecified atom stereocenters. The van der Waals surface area contributed by atoms with E-state index in [0.29, 0.717) is 11.3 Å². The lowest BCUT2D eigenvalue weighted by Gasteiger charge is -2.18. The number of amides is 2. The second-order valence-corrected chi connectivity index (χ2v) is 9.44. The number of benzene rings is 3. The Hall–Kier alpha value is -3.97. The fourth-order valence-corrected chi connectivity index (χ4v) is 4.80. The maximum atomic E-state index is 12.7. The minimum absolute atomic E-state index is 0.109. The molecule has 4 aromatic rings. The number of nitrogens with one attached hydrogen (secondary N) is 2. The highest BCUT2D eigenvalue weighted by Crippen LogP contribution is 2.27. The van der Waals surface area contributed by atoms with Gasteiger partial charge in [0.15, 0.2) is 5.16 Å². The summed E-state index contributed by atoms with van der Waals surface area (Å²) in [5.41, 5.74) is 10.6. The first-order valence-electron chi connectivity index (χ1n) is 11.7. The predicted octanol–water partition coefficient (Wildman–Crippen LogP) is 5.37. The molecule has 0 aliphatic rings. The molecular weight excluding hydrogens is 468 g/mol. The van der Waals surface area contributed by atoms with E-state index in [-0.39, 0.29) is 24.2 Å². The molecule has 0 spiro atoms. The average molecular weight is 497 g/mol. The normalized spacial score (nSPS) is 10.8. The van der Waals surface area contributed by atoms with Crippen LogP contribution in [0.4, 0.5) is 0 Å². The summed E-state index contributed by atoms with van der Waals surface area (Å²) in [5.74, 6) is -0.0389. The van der Waals surface area contributed by atoms with Crippen molar-refractivity contribution in [1.82, 2.24) is 20.8 Å². The molecule has 1 heterocycles. The van der Waals surface area contributed by atoms with Crippen molar-refractivity contribution in [1.29, 1.82) is 0 Å². The van der Waals surface area contributed by atoms with Crippen molar-refractivity contribution in [3.63, 3.8) is 0 Å². The van der Waals surface area contributed by atoms with Crippen molar-refractivity contribution in [2.75, 3.05) is 0 Å². The molecule has 0 bridgehead atoms. The van der Waals surface area contributed by atoms with Crippen LogP contribution in [0.1, 0.15) is 50.8 Å². The zero-order valence-corrected chi connectivity index (χ0v) is 21.1. The van der Waals surface area contributed by atoms with Gasteiger partial charge in [-0.3, -0.25) is 20.4 Å². The summed E-state index contributed by atoms with van der Waals surface area (Å²) in [6.45, 7) is 3.91. The lowest BCUT2D eigenvalue weighted by molar-refractivity contribution is -0.122. The van der Waals surface area contributed by atoms with Gasteiger partial charge in [-0.25, -0.2) is 9.97 Å². The molecule has 0 atom stereocenters. The number of carbonyl (C=O) groups excluding carboxylic acids is 2. The molecule has 2 N–H and O–H groups in total. The molecule has 7 heteroatoms. The van der Waals surface area contributed by atoms with Gasteiger partial charge in [-0.05, 0) is 48.7 Å². The minimum atomic E-state index is -0.365. The van der Waals surface area contributed by atoms with E-state index in [2.05, 4.69) is 20.8 Å². The zero-order chi connectivity index (χ0) is 25.3. The SMILES string of the molecule is Cc1cc(C)nc(SCc2ccc(C(=O)NNC(=O)CC(c3ccccc3)c3ccccc3)cc2)n1. The second-order valence-electron chi connectivity index (χ2n) is 8.50. The van der Waals surface area contributed by atoms with Gasteiger partial charge in [-0.2, -0.15) is 0 Å². The van der Waals surface area contributed by atoms with Crippen LogP contribution in [0.3, 0.4) is 0 Å². The van der Waals surface area contributed by atoms with Crippen LogP contribution in [-0.2, 0) is 10.5 Å². The number of aryl methyl sites for hydroxylation is 2. The highest BCUT2D eigenvalue weighted by atomic mass is 32.2. The van der Waals surface area contributed by atoms with Gasteiger partial charge in [0.1, 0.15) is 0 Å². The summed E-state index contributed by atoms with van der Waals surface area (Å²) in [7, 11) is 0. The van der Waals surface area contributed by atoms with E-state index in [1.807, 2.05) is 92.7 Å². The summed E-state index contributed by atoms with van der Waals surface area (Å²) < 4.78 is 0. The number of thioether (sulfide) groups is 1. The first-order valence-corrected chi connectivity index (χ1v) is 12.7. The van der Waals surface area contributed by atoms with Crippen molar-refractivity contribution in [2.45, 2.75) is 37.1 Å². The Morgan fingerprint density at radius 3 is 1.89 bits per heavy atom. The molecular formula is C29H28N4O2S. The van der Waals surface area contributed by atoms with Gasteiger partial charge >= 0.3 is 0 Å². The van der Waals surface area contributed by atoms with E-state index in [1.54, 1.807) is 23.9 Å². The molecule has 4 rings (SSSR count). The molecule has 3 aromatic carbocycles. The van der Waals surface area contributed by atoms with Crippen LogP contribution < -0.4 is 10.9 Å². The van der Waals surface area contributed by atoms with Gasteiger partial charge < -0.3 is 0 Å². The van der Waals surface area contributed by atoms with Crippen LogP contribution in [0.25, 0.3) is 0 Å². The van der Waals surface area contributed by atoms with Crippen LogP contribution in [0, 0.1) is 13.8 Å². The Labute approximate surface area is 215 Å².